The molecule has 0 unspecified atom stereocenters. The van der Waals surface area contributed by atoms with Crippen molar-refractivity contribution in [1.29, 1.82) is 0 Å². The highest BCUT2D eigenvalue weighted by Gasteiger charge is 2.14. The third-order valence-electron chi connectivity index (χ3n) is 4.06. The number of hydrogen-bond donors (Lipinski definition) is 1. The zero-order chi connectivity index (χ0) is 20.1. The Morgan fingerprint density at radius 3 is 2.68 bits per heavy atom. The van der Waals surface area contributed by atoms with Gasteiger partial charge in [0.25, 0.3) is 0 Å². The van der Waals surface area contributed by atoms with Crippen molar-refractivity contribution in [3.63, 3.8) is 0 Å². The van der Waals surface area contributed by atoms with Crippen molar-refractivity contribution in [3.05, 3.63) is 53.1 Å². The van der Waals surface area contributed by atoms with Crippen molar-refractivity contribution < 1.29 is 9.53 Å². The molecule has 2 aromatic carbocycles. The lowest BCUT2D eigenvalue weighted by Crippen LogP contribution is -2.15. The van der Waals surface area contributed by atoms with E-state index in [0.717, 1.165) is 22.7 Å². The van der Waals surface area contributed by atoms with Crippen LogP contribution in [0.25, 0.3) is 11.4 Å². The fourth-order valence-electron chi connectivity index (χ4n) is 2.60. The maximum atomic E-state index is 12.3. The molecule has 8 heteroatoms. The number of halogens is 1. The van der Waals surface area contributed by atoms with Gasteiger partial charge in [0.1, 0.15) is 5.75 Å². The number of nitrogens with one attached hydrogen (secondary N) is 1. The average molecular weight is 417 g/mol. The monoisotopic (exact) mass is 416 g/mol. The second-order valence-electron chi connectivity index (χ2n) is 6.12. The van der Waals surface area contributed by atoms with Crippen LogP contribution < -0.4 is 10.1 Å². The normalized spacial score (nSPS) is 10.7. The van der Waals surface area contributed by atoms with Crippen molar-refractivity contribution in [3.8, 4) is 17.1 Å². The first-order valence-electron chi connectivity index (χ1n) is 8.79. The summed E-state index contributed by atoms with van der Waals surface area (Å²) in [5, 5.41) is 12.6. The molecule has 1 aromatic heterocycles. The van der Waals surface area contributed by atoms with Crippen LogP contribution in [0.5, 0.6) is 5.75 Å². The minimum Gasteiger partial charge on any atom is -0.494 e. The van der Waals surface area contributed by atoms with Gasteiger partial charge in [0.05, 0.1) is 12.4 Å². The third kappa shape index (κ3) is 4.85. The predicted molar refractivity (Wildman–Crippen MR) is 113 cm³/mol. The molecule has 0 aliphatic carbocycles. The van der Waals surface area contributed by atoms with Gasteiger partial charge >= 0.3 is 0 Å². The van der Waals surface area contributed by atoms with E-state index in [2.05, 4.69) is 15.5 Å². The Morgan fingerprint density at radius 1 is 1.21 bits per heavy atom. The van der Waals surface area contributed by atoms with Crippen LogP contribution in [0.15, 0.2) is 47.6 Å². The molecule has 0 fully saturated rings. The molecule has 0 saturated carbocycles. The van der Waals surface area contributed by atoms with Gasteiger partial charge in [-0.05, 0) is 55.8 Å². The zero-order valence-corrected chi connectivity index (χ0v) is 17.5. The van der Waals surface area contributed by atoms with E-state index < -0.39 is 0 Å². The van der Waals surface area contributed by atoms with Gasteiger partial charge in [0.2, 0.25) is 5.91 Å². The van der Waals surface area contributed by atoms with E-state index in [1.165, 1.54) is 11.8 Å². The number of anilines is 1. The van der Waals surface area contributed by atoms with Crippen LogP contribution in [0.2, 0.25) is 5.02 Å². The Bertz CT molecular complexity index is 973. The van der Waals surface area contributed by atoms with Crippen molar-refractivity contribution >= 4 is 35.0 Å². The molecule has 6 nitrogen and oxygen atoms in total. The number of benzene rings is 2. The fourth-order valence-corrected chi connectivity index (χ4v) is 3.49. The van der Waals surface area contributed by atoms with Crippen LogP contribution in [-0.4, -0.2) is 33.0 Å². The highest BCUT2D eigenvalue weighted by atomic mass is 35.5. The van der Waals surface area contributed by atoms with Crippen LogP contribution in [0.4, 0.5) is 5.69 Å². The molecule has 0 aliphatic rings. The lowest BCUT2D eigenvalue weighted by molar-refractivity contribution is -0.113. The zero-order valence-electron chi connectivity index (χ0n) is 15.9. The average Bonchev–Trinajstić information content (AvgIpc) is 3.04. The van der Waals surface area contributed by atoms with Crippen molar-refractivity contribution in [1.82, 2.24) is 14.8 Å². The summed E-state index contributed by atoms with van der Waals surface area (Å²) in [5.41, 5.74) is 2.61. The third-order valence-corrected chi connectivity index (χ3v) is 5.32. The smallest absolute Gasteiger partial charge is 0.234 e. The number of ether oxygens (including phenoxy) is 1. The Kier molecular flexibility index (Phi) is 6.59. The lowest BCUT2D eigenvalue weighted by atomic mass is 10.2. The SMILES string of the molecule is CCOc1ccc(-c2nnc(SCC(=O)Nc3cc(Cl)ccc3C)n2C)cc1. The molecule has 1 N–H and O–H groups in total. The summed E-state index contributed by atoms with van der Waals surface area (Å²) in [7, 11) is 1.88. The van der Waals surface area contributed by atoms with Crippen LogP contribution in [-0.2, 0) is 11.8 Å². The van der Waals surface area contributed by atoms with Crippen molar-refractivity contribution in [2.24, 2.45) is 7.05 Å². The summed E-state index contributed by atoms with van der Waals surface area (Å²) in [5.74, 6) is 1.65. The van der Waals surface area contributed by atoms with E-state index in [1.807, 2.05) is 55.8 Å². The number of aromatic nitrogens is 3. The van der Waals surface area contributed by atoms with Gasteiger partial charge in [-0.3, -0.25) is 4.79 Å². The first-order chi connectivity index (χ1) is 13.5. The van der Waals surface area contributed by atoms with Crippen LogP contribution in [0.3, 0.4) is 0 Å². The number of hydrogen-bond acceptors (Lipinski definition) is 5. The van der Waals surface area contributed by atoms with Gasteiger partial charge in [0, 0.05) is 23.3 Å². The summed E-state index contributed by atoms with van der Waals surface area (Å²) >= 11 is 7.33. The summed E-state index contributed by atoms with van der Waals surface area (Å²) in [4.78, 5) is 12.3. The maximum absolute atomic E-state index is 12.3. The van der Waals surface area contributed by atoms with Crippen LogP contribution in [0, 0.1) is 6.92 Å². The summed E-state index contributed by atoms with van der Waals surface area (Å²) < 4.78 is 7.34. The van der Waals surface area contributed by atoms with Gasteiger partial charge in [-0.25, -0.2) is 0 Å². The van der Waals surface area contributed by atoms with E-state index in [0.29, 0.717) is 22.5 Å². The Hall–Kier alpha value is -2.51. The molecule has 0 saturated heterocycles. The molecule has 28 heavy (non-hydrogen) atoms. The Morgan fingerprint density at radius 2 is 1.96 bits per heavy atom. The minimum atomic E-state index is -0.124. The van der Waals surface area contributed by atoms with E-state index in [9.17, 15) is 4.79 Å². The largest absolute Gasteiger partial charge is 0.494 e. The standard InChI is InChI=1S/C20H21ClN4O2S/c1-4-27-16-9-6-14(7-10-16)19-23-24-20(25(19)3)28-12-18(26)22-17-11-15(21)8-5-13(17)2/h5-11H,4,12H2,1-3H3,(H,22,26). The number of amides is 1. The molecular weight excluding hydrogens is 396 g/mol. The van der Waals surface area contributed by atoms with Gasteiger partial charge < -0.3 is 14.6 Å². The van der Waals surface area contributed by atoms with E-state index in [4.69, 9.17) is 16.3 Å². The molecule has 0 spiro atoms. The highest BCUT2D eigenvalue weighted by Crippen LogP contribution is 2.25. The van der Waals surface area contributed by atoms with Crippen molar-refractivity contribution in [2.75, 3.05) is 17.7 Å². The number of thioether (sulfide) groups is 1. The molecule has 146 valence electrons. The molecule has 3 aromatic rings. The molecule has 1 heterocycles. The number of rotatable bonds is 7. The molecule has 0 atom stereocenters. The van der Waals surface area contributed by atoms with E-state index in [-0.39, 0.29) is 11.7 Å². The lowest BCUT2D eigenvalue weighted by Gasteiger charge is -2.09. The van der Waals surface area contributed by atoms with Gasteiger partial charge in [-0.2, -0.15) is 0 Å². The number of nitrogens with zero attached hydrogens (tertiary/aromatic N) is 3. The second-order valence-corrected chi connectivity index (χ2v) is 7.50. The topological polar surface area (TPSA) is 69.0 Å². The van der Waals surface area contributed by atoms with Crippen LogP contribution >= 0.6 is 23.4 Å². The molecule has 0 radical (unpaired) electrons. The second kappa shape index (κ2) is 9.12. The maximum Gasteiger partial charge on any atom is 0.234 e. The molecule has 0 bridgehead atoms. The molecule has 3 rings (SSSR count). The predicted octanol–water partition coefficient (Wildman–Crippen LogP) is 4.57. The van der Waals surface area contributed by atoms with Crippen LogP contribution in [0.1, 0.15) is 12.5 Å². The number of carbonyl (C=O) groups excluding carboxylic acids is 1. The summed E-state index contributed by atoms with van der Waals surface area (Å²) in [6.07, 6.45) is 0. The van der Waals surface area contributed by atoms with Gasteiger partial charge in [-0.1, -0.05) is 29.4 Å². The fraction of sp³-hybridized carbons (Fsp3) is 0.250. The quantitative estimate of drug-likeness (QED) is 0.571. The van der Waals surface area contributed by atoms with Gasteiger partial charge in [-0.15, -0.1) is 10.2 Å². The highest BCUT2D eigenvalue weighted by molar-refractivity contribution is 7.99. The van der Waals surface area contributed by atoms with Gasteiger partial charge in [0.15, 0.2) is 11.0 Å². The Balaban J connectivity index is 1.64. The first kappa shape index (κ1) is 20.2. The van der Waals surface area contributed by atoms with E-state index in [1.54, 1.807) is 12.1 Å². The number of carbonyl (C=O) groups is 1. The summed E-state index contributed by atoms with van der Waals surface area (Å²) in [6, 6.07) is 13.1. The van der Waals surface area contributed by atoms with E-state index >= 15 is 0 Å². The molecule has 1 amide bonds. The minimum absolute atomic E-state index is 0.124. The Labute approximate surface area is 173 Å². The number of aryl methyl sites for hydroxylation is 1. The molecular formula is C20H21ClN4O2S. The first-order valence-corrected chi connectivity index (χ1v) is 10.2. The summed E-state index contributed by atoms with van der Waals surface area (Å²) in [6.45, 7) is 4.50. The molecule has 0 aliphatic heterocycles. The van der Waals surface area contributed by atoms with Crippen molar-refractivity contribution in [2.45, 2.75) is 19.0 Å².